The first-order chi connectivity index (χ1) is 14.3. The van der Waals surface area contributed by atoms with Gasteiger partial charge >= 0.3 is 0 Å². The molecule has 2 aromatic carbocycles. The Morgan fingerprint density at radius 2 is 1.80 bits per heavy atom. The van der Waals surface area contributed by atoms with Crippen LogP contribution in [0.3, 0.4) is 0 Å². The van der Waals surface area contributed by atoms with Crippen LogP contribution in [0.1, 0.15) is 31.9 Å². The molecule has 1 atom stereocenters. The number of benzene rings is 2. The minimum absolute atomic E-state index is 0.0170. The first-order valence-electron chi connectivity index (χ1n) is 9.72. The average Bonchev–Trinajstić information content (AvgIpc) is 2.72. The zero-order valence-corrected chi connectivity index (χ0v) is 17.4. The molecule has 0 aromatic heterocycles. The number of allylic oxidation sites excluding steroid dienone is 2. The van der Waals surface area contributed by atoms with Crippen molar-refractivity contribution < 1.29 is 9.84 Å². The SMILES string of the molecule is CC(=N)C1=C(N)OC(N)=C(C#N)C1(c1cc(CO)cc(-c2ccccc2)c1)C(C)C. The molecule has 0 saturated heterocycles. The summed E-state index contributed by atoms with van der Waals surface area (Å²) in [5.74, 6) is -0.228. The second-order valence-electron chi connectivity index (χ2n) is 7.72. The number of rotatable bonds is 5. The van der Waals surface area contributed by atoms with E-state index in [2.05, 4.69) is 6.07 Å². The zero-order chi connectivity index (χ0) is 22.1. The van der Waals surface area contributed by atoms with Crippen LogP contribution in [0.4, 0.5) is 0 Å². The van der Waals surface area contributed by atoms with Crippen molar-refractivity contribution in [3.8, 4) is 17.2 Å². The van der Waals surface area contributed by atoms with Crippen molar-refractivity contribution in [3.63, 3.8) is 0 Å². The number of nitrogens with two attached hydrogens (primary N) is 2. The number of hydrogen-bond acceptors (Lipinski definition) is 6. The second kappa shape index (κ2) is 8.05. The number of nitrogens with zero attached hydrogens (tertiary/aromatic N) is 1. The number of aliphatic hydroxyl groups is 1. The molecule has 6 N–H and O–H groups in total. The van der Waals surface area contributed by atoms with Crippen LogP contribution >= 0.6 is 0 Å². The van der Waals surface area contributed by atoms with Crippen molar-refractivity contribution in [2.45, 2.75) is 32.8 Å². The normalized spacial score (nSPS) is 18.9. The molecule has 1 aliphatic rings. The summed E-state index contributed by atoms with van der Waals surface area (Å²) in [5.41, 5.74) is 15.3. The molecule has 0 amide bonds. The lowest BCUT2D eigenvalue weighted by molar-refractivity contribution is 0.249. The highest BCUT2D eigenvalue weighted by atomic mass is 16.5. The smallest absolute Gasteiger partial charge is 0.207 e. The molecule has 1 heterocycles. The Hall–Kier alpha value is -3.56. The monoisotopic (exact) mass is 402 g/mol. The van der Waals surface area contributed by atoms with Gasteiger partial charge in [0.05, 0.1) is 12.0 Å². The lowest BCUT2D eigenvalue weighted by atomic mass is 9.60. The van der Waals surface area contributed by atoms with Crippen LogP contribution in [0.5, 0.6) is 0 Å². The molecular formula is C24H26N4O2. The quantitative estimate of drug-likeness (QED) is 0.567. The topological polar surface area (TPSA) is 129 Å². The van der Waals surface area contributed by atoms with E-state index in [1.807, 2.05) is 62.4 Å². The maximum Gasteiger partial charge on any atom is 0.207 e. The van der Waals surface area contributed by atoms with Gasteiger partial charge in [-0.1, -0.05) is 50.2 Å². The molecule has 1 unspecified atom stereocenters. The summed E-state index contributed by atoms with van der Waals surface area (Å²) < 4.78 is 5.46. The van der Waals surface area contributed by atoms with Crippen LogP contribution in [0.15, 0.2) is 71.4 Å². The van der Waals surface area contributed by atoms with Crippen LogP contribution < -0.4 is 11.5 Å². The van der Waals surface area contributed by atoms with Crippen LogP contribution in [0.2, 0.25) is 0 Å². The summed E-state index contributed by atoms with van der Waals surface area (Å²) in [5, 5.41) is 28.4. The van der Waals surface area contributed by atoms with Gasteiger partial charge in [-0.2, -0.15) is 5.26 Å². The van der Waals surface area contributed by atoms with Gasteiger partial charge in [-0.3, -0.25) is 0 Å². The Kier molecular flexibility index (Phi) is 5.68. The van der Waals surface area contributed by atoms with Crippen LogP contribution in [-0.2, 0) is 16.8 Å². The van der Waals surface area contributed by atoms with Gasteiger partial charge in [0.1, 0.15) is 11.6 Å². The van der Waals surface area contributed by atoms with E-state index in [1.54, 1.807) is 6.92 Å². The summed E-state index contributed by atoms with van der Waals surface area (Å²) in [6.45, 7) is 5.37. The number of nitriles is 1. The second-order valence-corrected chi connectivity index (χ2v) is 7.72. The Balaban J connectivity index is 2.45. The fraction of sp³-hybridized carbons (Fsp3) is 0.250. The molecule has 6 nitrogen and oxygen atoms in total. The lowest BCUT2D eigenvalue weighted by Gasteiger charge is -2.43. The number of hydrogen-bond donors (Lipinski definition) is 4. The van der Waals surface area contributed by atoms with Crippen LogP contribution in [-0.4, -0.2) is 10.8 Å². The van der Waals surface area contributed by atoms with E-state index < -0.39 is 5.41 Å². The molecular weight excluding hydrogens is 376 g/mol. The molecule has 30 heavy (non-hydrogen) atoms. The highest BCUT2D eigenvalue weighted by Gasteiger charge is 2.50. The first kappa shape index (κ1) is 21.2. The Bertz CT molecular complexity index is 1090. The third kappa shape index (κ3) is 3.23. The molecule has 154 valence electrons. The molecule has 6 heteroatoms. The summed E-state index contributed by atoms with van der Waals surface area (Å²) in [7, 11) is 0. The lowest BCUT2D eigenvalue weighted by Crippen LogP contribution is -2.45. The predicted molar refractivity (Wildman–Crippen MR) is 117 cm³/mol. The highest BCUT2D eigenvalue weighted by Crippen LogP contribution is 2.50. The molecule has 0 aliphatic carbocycles. The largest absolute Gasteiger partial charge is 0.424 e. The van der Waals surface area contributed by atoms with E-state index >= 15 is 0 Å². The molecule has 0 bridgehead atoms. The van der Waals surface area contributed by atoms with Crippen molar-refractivity contribution in [1.82, 2.24) is 0 Å². The van der Waals surface area contributed by atoms with E-state index in [0.29, 0.717) is 11.1 Å². The zero-order valence-electron chi connectivity index (χ0n) is 17.4. The Labute approximate surface area is 176 Å². The molecule has 0 saturated carbocycles. The van der Waals surface area contributed by atoms with Crippen LogP contribution in [0, 0.1) is 22.7 Å². The number of ether oxygens (including phenoxy) is 1. The van der Waals surface area contributed by atoms with Crippen LogP contribution in [0.25, 0.3) is 11.1 Å². The molecule has 1 aliphatic heterocycles. The maximum atomic E-state index is 10.1. The molecule has 0 spiro atoms. The van der Waals surface area contributed by atoms with Gasteiger partial charge in [-0.25, -0.2) is 0 Å². The predicted octanol–water partition coefficient (Wildman–Crippen LogP) is 3.67. The van der Waals surface area contributed by atoms with Gasteiger partial charge in [0.25, 0.3) is 0 Å². The fourth-order valence-corrected chi connectivity index (χ4v) is 4.37. The van der Waals surface area contributed by atoms with Gasteiger partial charge in [-0.05, 0) is 47.2 Å². The average molecular weight is 402 g/mol. The number of nitrogens with one attached hydrogen (secondary N) is 1. The maximum absolute atomic E-state index is 10.1. The van der Waals surface area contributed by atoms with E-state index in [0.717, 1.165) is 16.7 Å². The van der Waals surface area contributed by atoms with Crippen molar-refractivity contribution in [2.24, 2.45) is 17.4 Å². The van der Waals surface area contributed by atoms with Gasteiger partial charge < -0.3 is 26.7 Å². The van der Waals surface area contributed by atoms with E-state index in [-0.39, 0.29) is 35.6 Å². The first-order valence-corrected chi connectivity index (χ1v) is 9.72. The molecule has 2 aromatic rings. The third-order valence-electron chi connectivity index (χ3n) is 5.59. The minimum atomic E-state index is -1.08. The van der Waals surface area contributed by atoms with Gasteiger partial charge in [0, 0.05) is 11.3 Å². The number of aliphatic hydroxyl groups excluding tert-OH is 1. The standard InChI is InChI=1S/C24H26N4O2/c1-14(2)24(20(12-25)22(27)30-23(28)21(24)15(3)26)19-10-16(13-29)9-18(11-19)17-7-5-4-6-8-17/h4-11,14,26,29H,13,27-28H2,1-3H3. The summed E-state index contributed by atoms with van der Waals surface area (Å²) in [6, 6.07) is 17.7. The summed E-state index contributed by atoms with van der Waals surface area (Å²) in [6.07, 6.45) is 0. The van der Waals surface area contributed by atoms with E-state index in [1.165, 1.54) is 0 Å². The molecule has 0 fully saturated rings. The van der Waals surface area contributed by atoms with Gasteiger partial charge in [0.2, 0.25) is 5.88 Å². The van der Waals surface area contributed by atoms with Gasteiger partial charge in [0.15, 0.2) is 5.88 Å². The van der Waals surface area contributed by atoms with Crippen molar-refractivity contribution in [1.29, 1.82) is 10.7 Å². The van der Waals surface area contributed by atoms with Crippen molar-refractivity contribution in [2.75, 3.05) is 0 Å². The fourth-order valence-electron chi connectivity index (χ4n) is 4.37. The molecule has 3 rings (SSSR count). The highest BCUT2D eigenvalue weighted by molar-refractivity contribution is 6.00. The van der Waals surface area contributed by atoms with Gasteiger partial charge in [-0.15, -0.1) is 0 Å². The summed E-state index contributed by atoms with van der Waals surface area (Å²) >= 11 is 0. The summed E-state index contributed by atoms with van der Waals surface area (Å²) in [4.78, 5) is 0. The van der Waals surface area contributed by atoms with Crippen molar-refractivity contribution in [3.05, 3.63) is 82.6 Å². The minimum Gasteiger partial charge on any atom is -0.424 e. The molecule has 0 radical (unpaired) electrons. The third-order valence-corrected chi connectivity index (χ3v) is 5.59. The van der Waals surface area contributed by atoms with E-state index in [9.17, 15) is 10.4 Å². The van der Waals surface area contributed by atoms with E-state index in [4.69, 9.17) is 21.6 Å². The Morgan fingerprint density at radius 1 is 1.13 bits per heavy atom. The van der Waals surface area contributed by atoms with Crippen molar-refractivity contribution >= 4 is 5.71 Å². The Morgan fingerprint density at radius 3 is 2.33 bits per heavy atom.